The van der Waals surface area contributed by atoms with Crippen LogP contribution >= 0.6 is 0 Å². The smallest absolute Gasteiger partial charge is 0.414 e. The van der Waals surface area contributed by atoms with E-state index in [1.165, 1.54) is 7.11 Å². The molecule has 2 fully saturated rings. The van der Waals surface area contributed by atoms with E-state index in [0.29, 0.717) is 48.8 Å². The van der Waals surface area contributed by atoms with E-state index in [1.54, 1.807) is 60.4 Å². The molecule has 1 unspecified atom stereocenters. The number of amides is 2. The van der Waals surface area contributed by atoms with Gasteiger partial charge in [0.1, 0.15) is 17.7 Å². The van der Waals surface area contributed by atoms with Crippen molar-refractivity contribution in [3.05, 3.63) is 59.7 Å². The molecular formula is C27H33N5O6. The van der Waals surface area contributed by atoms with E-state index < -0.39 is 12.0 Å². The van der Waals surface area contributed by atoms with Crippen LogP contribution in [-0.4, -0.2) is 99.2 Å². The number of benzene rings is 2. The van der Waals surface area contributed by atoms with Gasteiger partial charge in [-0.15, -0.1) is 0 Å². The third kappa shape index (κ3) is 6.87. The number of nitrogens with zero attached hydrogens (tertiary/aromatic N) is 4. The Morgan fingerprint density at radius 1 is 1.05 bits per heavy atom. The van der Waals surface area contributed by atoms with Crippen LogP contribution in [0.3, 0.4) is 0 Å². The predicted molar refractivity (Wildman–Crippen MR) is 142 cm³/mol. The zero-order valence-corrected chi connectivity index (χ0v) is 21.7. The van der Waals surface area contributed by atoms with Crippen LogP contribution in [0.25, 0.3) is 0 Å². The Kier molecular flexibility index (Phi) is 8.93. The summed E-state index contributed by atoms with van der Waals surface area (Å²) >= 11 is 0. The van der Waals surface area contributed by atoms with Gasteiger partial charge >= 0.3 is 12.1 Å². The summed E-state index contributed by atoms with van der Waals surface area (Å²) in [6.07, 6.45) is -0.663. The number of ether oxygens (including phenoxy) is 3. The average molecular weight is 524 g/mol. The maximum atomic E-state index is 12.6. The molecule has 2 aliphatic rings. The molecule has 1 atom stereocenters. The van der Waals surface area contributed by atoms with Gasteiger partial charge < -0.3 is 19.9 Å². The van der Waals surface area contributed by atoms with Crippen molar-refractivity contribution in [3.8, 4) is 5.75 Å². The van der Waals surface area contributed by atoms with Gasteiger partial charge in [-0.25, -0.2) is 4.79 Å². The third-order valence-corrected chi connectivity index (χ3v) is 6.47. The van der Waals surface area contributed by atoms with Crippen molar-refractivity contribution in [1.82, 2.24) is 9.80 Å². The van der Waals surface area contributed by atoms with E-state index in [1.807, 2.05) is 0 Å². The van der Waals surface area contributed by atoms with Gasteiger partial charge in [0.15, 0.2) is 0 Å². The number of hydrogen-bond donors (Lipinski definition) is 1. The molecule has 2 aromatic rings. The van der Waals surface area contributed by atoms with Crippen molar-refractivity contribution in [3.63, 3.8) is 0 Å². The summed E-state index contributed by atoms with van der Waals surface area (Å²) in [5, 5.41) is 0. The van der Waals surface area contributed by atoms with Crippen LogP contribution in [0.2, 0.25) is 0 Å². The second kappa shape index (κ2) is 12.5. The highest BCUT2D eigenvalue weighted by Crippen LogP contribution is 2.23. The lowest BCUT2D eigenvalue weighted by atomic mass is 10.1. The third-order valence-electron chi connectivity index (χ3n) is 6.47. The first-order valence-corrected chi connectivity index (χ1v) is 12.6. The number of rotatable bonds is 9. The van der Waals surface area contributed by atoms with E-state index in [9.17, 15) is 14.4 Å². The fourth-order valence-electron chi connectivity index (χ4n) is 4.44. The molecule has 0 aromatic heterocycles. The van der Waals surface area contributed by atoms with Gasteiger partial charge in [-0.1, -0.05) is 6.07 Å². The van der Waals surface area contributed by atoms with Crippen LogP contribution < -0.4 is 15.4 Å². The van der Waals surface area contributed by atoms with Gasteiger partial charge in [-0.2, -0.15) is 4.99 Å². The molecule has 0 spiro atoms. The molecule has 0 saturated carbocycles. The zero-order chi connectivity index (χ0) is 27.1. The molecule has 2 aliphatic heterocycles. The monoisotopic (exact) mass is 523 g/mol. The van der Waals surface area contributed by atoms with E-state index in [2.05, 4.69) is 14.8 Å². The van der Waals surface area contributed by atoms with Crippen LogP contribution in [0.5, 0.6) is 5.75 Å². The summed E-state index contributed by atoms with van der Waals surface area (Å²) in [6.45, 7) is 6.63. The summed E-state index contributed by atoms with van der Waals surface area (Å²) in [5.41, 5.74) is 7.68. The summed E-state index contributed by atoms with van der Waals surface area (Å²) in [5.74, 6) is -0.0450. The highest BCUT2D eigenvalue weighted by atomic mass is 16.6. The SMILES string of the molecule is CCOC(=O)CN1CCN(CC2CN(c3ccc(C(N)=NC(=O)c4cccc(OC)c4)cc3)C(=O)O2)CC1. The van der Waals surface area contributed by atoms with Gasteiger partial charge in [0.2, 0.25) is 0 Å². The minimum absolute atomic E-state index is 0.0772. The number of esters is 1. The number of piperazine rings is 1. The first-order chi connectivity index (χ1) is 18.4. The standard InChI is InChI=1S/C27H33N5O6/c1-3-37-24(33)18-31-13-11-30(12-14-31)16-23-17-32(27(35)38-23)21-9-7-19(8-10-21)25(28)29-26(34)20-5-4-6-22(15-20)36-2/h4-10,15,23H,3,11-14,16-18H2,1-2H3,(H2,28,29,34). The lowest BCUT2D eigenvalue weighted by Gasteiger charge is -2.34. The summed E-state index contributed by atoms with van der Waals surface area (Å²) in [6, 6.07) is 13.6. The van der Waals surface area contributed by atoms with E-state index in [-0.39, 0.29) is 17.9 Å². The van der Waals surface area contributed by atoms with Crippen molar-refractivity contribution >= 4 is 29.5 Å². The molecule has 11 nitrogen and oxygen atoms in total. The molecule has 4 rings (SSSR count). The number of hydrogen-bond acceptors (Lipinski definition) is 8. The normalized spacial score (nSPS) is 18.8. The predicted octanol–water partition coefficient (Wildman–Crippen LogP) is 1.75. The van der Waals surface area contributed by atoms with Gasteiger partial charge in [-0.3, -0.25) is 24.3 Å². The van der Waals surface area contributed by atoms with Gasteiger partial charge in [0.05, 0.1) is 26.8 Å². The maximum absolute atomic E-state index is 12.6. The lowest BCUT2D eigenvalue weighted by molar-refractivity contribution is -0.144. The summed E-state index contributed by atoms with van der Waals surface area (Å²) in [4.78, 5) is 46.6. The largest absolute Gasteiger partial charge is 0.497 e. The van der Waals surface area contributed by atoms with Crippen LogP contribution in [0, 0.1) is 0 Å². The number of methoxy groups -OCH3 is 1. The fourth-order valence-corrected chi connectivity index (χ4v) is 4.44. The van der Waals surface area contributed by atoms with Crippen LogP contribution in [0.4, 0.5) is 10.5 Å². The Bertz CT molecular complexity index is 1180. The average Bonchev–Trinajstić information content (AvgIpc) is 3.29. The lowest BCUT2D eigenvalue weighted by Crippen LogP contribution is -2.50. The molecule has 2 amide bonds. The van der Waals surface area contributed by atoms with E-state index in [4.69, 9.17) is 19.9 Å². The summed E-state index contributed by atoms with van der Waals surface area (Å²) in [7, 11) is 1.53. The Balaban J connectivity index is 1.30. The number of amidine groups is 1. The minimum atomic E-state index is -0.474. The van der Waals surface area contributed by atoms with Crippen LogP contribution in [0.1, 0.15) is 22.8 Å². The second-order valence-corrected chi connectivity index (χ2v) is 9.08. The van der Waals surface area contributed by atoms with Crippen LogP contribution in [0.15, 0.2) is 53.5 Å². The Morgan fingerprint density at radius 2 is 1.76 bits per heavy atom. The fraction of sp³-hybridized carbons (Fsp3) is 0.407. The molecule has 0 bridgehead atoms. The Hall–Kier alpha value is -3.96. The molecule has 11 heteroatoms. The first kappa shape index (κ1) is 27.1. The molecule has 0 aliphatic carbocycles. The minimum Gasteiger partial charge on any atom is -0.497 e. The number of carbonyl (C=O) groups is 3. The quantitative estimate of drug-likeness (QED) is 0.297. The maximum Gasteiger partial charge on any atom is 0.414 e. The molecule has 2 aromatic carbocycles. The molecule has 202 valence electrons. The molecular weight excluding hydrogens is 490 g/mol. The first-order valence-electron chi connectivity index (χ1n) is 12.6. The molecule has 38 heavy (non-hydrogen) atoms. The van der Waals surface area contributed by atoms with E-state index in [0.717, 1.165) is 26.2 Å². The van der Waals surface area contributed by atoms with Gasteiger partial charge in [0, 0.05) is 49.5 Å². The van der Waals surface area contributed by atoms with E-state index >= 15 is 0 Å². The number of nitrogens with two attached hydrogens (primary N) is 1. The van der Waals surface area contributed by atoms with Crippen molar-refractivity contribution in [1.29, 1.82) is 0 Å². The highest BCUT2D eigenvalue weighted by molar-refractivity contribution is 6.09. The Morgan fingerprint density at radius 3 is 2.45 bits per heavy atom. The number of anilines is 1. The van der Waals surface area contributed by atoms with Crippen molar-refractivity contribution < 1.29 is 28.6 Å². The molecule has 2 heterocycles. The van der Waals surface area contributed by atoms with Gasteiger partial charge in [0.25, 0.3) is 5.91 Å². The number of cyclic esters (lactones) is 1. The highest BCUT2D eigenvalue weighted by Gasteiger charge is 2.34. The molecule has 0 radical (unpaired) electrons. The Labute approximate surface area is 221 Å². The molecule has 2 N–H and O–H groups in total. The zero-order valence-electron chi connectivity index (χ0n) is 21.7. The molecule has 2 saturated heterocycles. The summed E-state index contributed by atoms with van der Waals surface area (Å²) < 4.78 is 15.8. The van der Waals surface area contributed by atoms with Crippen LogP contribution in [-0.2, 0) is 14.3 Å². The number of aliphatic imine (C=N–C) groups is 1. The number of carbonyl (C=O) groups excluding carboxylic acids is 3. The van der Waals surface area contributed by atoms with Crippen molar-refractivity contribution in [2.24, 2.45) is 10.7 Å². The van der Waals surface area contributed by atoms with Crippen molar-refractivity contribution in [2.45, 2.75) is 13.0 Å². The second-order valence-electron chi connectivity index (χ2n) is 9.08. The van der Waals surface area contributed by atoms with Gasteiger partial charge in [-0.05, 0) is 49.4 Å². The topological polar surface area (TPSA) is 127 Å². The van der Waals surface area contributed by atoms with Crippen molar-refractivity contribution in [2.75, 3.05) is 64.4 Å².